The van der Waals surface area contributed by atoms with Gasteiger partial charge >= 0.3 is 0 Å². The van der Waals surface area contributed by atoms with Gasteiger partial charge in [0, 0.05) is 17.5 Å². The molecule has 0 aliphatic rings. The van der Waals surface area contributed by atoms with Gasteiger partial charge in [0.05, 0.1) is 3.79 Å². The van der Waals surface area contributed by atoms with Crippen LogP contribution in [0.15, 0.2) is 14.7 Å². The predicted octanol–water partition coefficient (Wildman–Crippen LogP) is 3.07. The van der Waals surface area contributed by atoms with Crippen molar-refractivity contribution >= 4 is 37.3 Å². The largest absolute Gasteiger partial charge is 0.326 e. The summed E-state index contributed by atoms with van der Waals surface area (Å²) in [5.41, 5.74) is 5.53. The maximum atomic E-state index is 12.3. The van der Waals surface area contributed by atoms with Gasteiger partial charge in [0.25, 0.3) is 0 Å². The van der Waals surface area contributed by atoms with E-state index in [0.717, 1.165) is 17.7 Å². The van der Waals surface area contributed by atoms with E-state index in [-0.39, 0.29) is 10.9 Å². The SMILES string of the molecule is CC(C)CCC(C)NS(=O)(=O)c1cc(CN)sc1Br. The molecular formula is C12H21BrN2O2S2. The summed E-state index contributed by atoms with van der Waals surface area (Å²) in [6, 6.07) is 1.56. The molecule has 0 aromatic carbocycles. The summed E-state index contributed by atoms with van der Waals surface area (Å²) in [5, 5.41) is 0. The van der Waals surface area contributed by atoms with E-state index in [1.54, 1.807) is 6.07 Å². The molecule has 0 amide bonds. The molecule has 19 heavy (non-hydrogen) atoms. The standard InChI is InChI=1S/C12H21BrN2O2S2/c1-8(2)4-5-9(3)15-19(16,17)11-6-10(7-14)18-12(11)13/h6,8-9,15H,4-5,7,14H2,1-3H3. The molecule has 4 nitrogen and oxygen atoms in total. The van der Waals surface area contributed by atoms with E-state index >= 15 is 0 Å². The highest BCUT2D eigenvalue weighted by Crippen LogP contribution is 2.31. The van der Waals surface area contributed by atoms with Crippen molar-refractivity contribution in [3.8, 4) is 0 Å². The van der Waals surface area contributed by atoms with Crippen LogP contribution >= 0.6 is 27.3 Å². The fourth-order valence-corrected chi connectivity index (χ4v) is 5.49. The predicted molar refractivity (Wildman–Crippen MR) is 83.8 cm³/mol. The molecule has 0 bridgehead atoms. The number of nitrogens with two attached hydrogens (primary N) is 1. The lowest BCUT2D eigenvalue weighted by atomic mass is 10.1. The lowest BCUT2D eigenvalue weighted by Crippen LogP contribution is -2.32. The maximum absolute atomic E-state index is 12.3. The molecule has 3 N–H and O–H groups in total. The average molecular weight is 369 g/mol. The number of halogens is 1. The highest BCUT2D eigenvalue weighted by molar-refractivity contribution is 9.11. The molecular weight excluding hydrogens is 348 g/mol. The zero-order chi connectivity index (χ0) is 14.6. The number of hydrogen-bond donors (Lipinski definition) is 2. The normalized spacial score (nSPS) is 14.0. The quantitative estimate of drug-likeness (QED) is 0.776. The van der Waals surface area contributed by atoms with Crippen LogP contribution in [0, 0.1) is 5.92 Å². The first-order chi connectivity index (χ1) is 8.76. The third-order valence-electron chi connectivity index (χ3n) is 2.73. The third kappa shape index (κ3) is 5.15. The van der Waals surface area contributed by atoms with E-state index in [2.05, 4.69) is 34.5 Å². The van der Waals surface area contributed by atoms with Crippen molar-refractivity contribution < 1.29 is 8.42 Å². The number of thiophene rings is 1. The highest BCUT2D eigenvalue weighted by atomic mass is 79.9. The van der Waals surface area contributed by atoms with Crippen molar-refractivity contribution in [1.29, 1.82) is 0 Å². The van der Waals surface area contributed by atoms with Gasteiger partial charge in [-0.05, 0) is 47.7 Å². The number of nitrogens with one attached hydrogen (secondary N) is 1. The average Bonchev–Trinajstić information content (AvgIpc) is 2.68. The molecule has 7 heteroatoms. The van der Waals surface area contributed by atoms with E-state index in [9.17, 15) is 8.42 Å². The van der Waals surface area contributed by atoms with Gasteiger partial charge in [-0.2, -0.15) is 0 Å². The van der Waals surface area contributed by atoms with Crippen molar-refractivity contribution in [2.24, 2.45) is 11.7 Å². The van der Waals surface area contributed by atoms with Gasteiger partial charge in [0.1, 0.15) is 4.90 Å². The van der Waals surface area contributed by atoms with Crippen LogP contribution in [0.3, 0.4) is 0 Å². The smallest absolute Gasteiger partial charge is 0.242 e. The minimum absolute atomic E-state index is 0.0690. The van der Waals surface area contributed by atoms with Crippen molar-refractivity contribution in [3.63, 3.8) is 0 Å². The number of hydrogen-bond acceptors (Lipinski definition) is 4. The molecule has 0 aliphatic carbocycles. The summed E-state index contributed by atoms with van der Waals surface area (Å²) in [6.45, 7) is 6.50. The molecule has 0 spiro atoms. The summed E-state index contributed by atoms with van der Waals surface area (Å²) in [7, 11) is -3.47. The van der Waals surface area contributed by atoms with Crippen LogP contribution in [-0.4, -0.2) is 14.5 Å². The first-order valence-electron chi connectivity index (χ1n) is 6.27. The minimum Gasteiger partial charge on any atom is -0.326 e. The second-order valence-corrected chi connectivity index (χ2v) is 9.19. The molecule has 0 saturated carbocycles. The fourth-order valence-electron chi connectivity index (χ4n) is 1.65. The van der Waals surface area contributed by atoms with Crippen molar-refractivity contribution in [2.75, 3.05) is 0 Å². The van der Waals surface area contributed by atoms with Crippen LogP contribution < -0.4 is 10.5 Å². The summed E-state index contributed by atoms with van der Waals surface area (Å²) >= 11 is 4.65. The summed E-state index contributed by atoms with van der Waals surface area (Å²) in [6.07, 6.45) is 1.84. The lowest BCUT2D eigenvalue weighted by Gasteiger charge is -2.15. The van der Waals surface area contributed by atoms with Crippen molar-refractivity contribution in [3.05, 3.63) is 14.7 Å². The summed E-state index contributed by atoms with van der Waals surface area (Å²) < 4.78 is 27.8. The summed E-state index contributed by atoms with van der Waals surface area (Å²) in [4.78, 5) is 1.14. The Morgan fingerprint density at radius 2 is 2.00 bits per heavy atom. The topological polar surface area (TPSA) is 72.2 Å². The lowest BCUT2D eigenvalue weighted by molar-refractivity contribution is 0.485. The highest BCUT2D eigenvalue weighted by Gasteiger charge is 2.22. The second kappa shape index (κ2) is 7.17. The molecule has 1 unspecified atom stereocenters. The molecule has 1 aromatic rings. The van der Waals surface area contributed by atoms with Crippen LogP contribution in [0.25, 0.3) is 0 Å². The first-order valence-corrected chi connectivity index (χ1v) is 9.36. The minimum atomic E-state index is -3.47. The van der Waals surface area contributed by atoms with Gasteiger partial charge in [0.15, 0.2) is 0 Å². The van der Waals surface area contributed by atoms with Gasteiger partial charge in [-0.25, -0.2) is 13.1 Å². The van der Waals surface area contributed by atoms with E-state index in [0.29, 0.717) is 16.2 Å². The molecule has 1 rings (SSSR count). The van der Waals surface area contributed by atoms with Gasteiger partial charge in [0.2, 0.25) is 10.0 Å². The Kier molecular flexibility index (Phi) is 6.46. The first kappa shape index (κ1) is 17.1. The Balaban J connectivity index is 2.77. The van der Waals surface area contributed by atoms with Crippen LogP contribution in [0.5, 0.6) is 0 Å². The van der Waals surface area contributed by atoms with Crippen molar-refractivity contribution in [1.82, 2.24) is 4.72 Å². The molecule has 110 valence electrons. The van der Waals surface area contributed by atoms with E-state index in [1.165, 1.54) is 11.3 Å². The van der Waals surface area contributed by atoms with Crippen LogP contribution in [0.4, 0.5) is 0 Å². The Hall–Kier alpha value is 0.0500. The Labute approximate surface area is 128 Å². The third-order valence-corrected chi connectivity index (χ3v) is 6.59. The number of rotatable bonds is 7. The molecule has 0 aliphatic heterocycles. The van der Waals surface area contributed by atoms with E-state index in [1.807, 2.05) is 6.92 Å². The maximum Gasteiger partial charge on any atom is 0.242 e. The fraction of sp³-hybridized carbons (Fsp3) is 0.667. The monoisotopic (exact) mass is 368 g/mol. The summed E-state index contributed by atoms with van der Waals surface area (Å²) in [5.74, 6) is 0.573. The molecule has 1 atom stereocenters. The van der Waals surface area contributed by atoms with Crippen LogP contribution in [-0.2, 0) is 16.6 Å². The Morgan fingerprint density at radius 1 is 1.37 bits per heavy atom. The zero-order valence-corrected chi connectivity index (χ0v) is 14.7. The van der Waals surface area contributed by atoms with Crippen molar-refractivity contribution in [2.45, 2.75) is 51.1 Å². The van der Waals surface area contributed by atoms with E-state index in [4.69, 9.17) is 5.73 Å². The molecule has 0 radical (unpaired) electrons. The Morgan fingerprint density at radius 3 is 2.47 bits per heavy atom. The van der Waals surface area contributed by atoms with Gasteiger partial charge in [-0.1, -0.05) is 13.8 Å². The van der Waals surface area contributed by atoms with Gasteiger partial charge < -0.3 is 5.73 Å². The second-order valence-electron chi connectivity index (χ2n) is 5.05. The van der Waals surface area contributed by atoms with Gasteiger partial charge in [-0.15, -0.1) is 11.3 Å². The van der Waals surface area contributed by atoms with Crippen LogP contribution in [0.1, 0.15) is 38.5 Å². The Bertz CT molecular complexity index is 512. The van der Waals surface area contributed by atoms with Gasteiger partial charge in [-0.3, -0.25) is 0 Å². The number of sulfonamides is 1. The molecule has 1 aromatic heterocycles. The zero-order valence-electron chi connectivity index (χ0n) is 11.4. The van der Waals surface area contributed by atoms with E-state index < -0.39 is 10.0 Å². The molecule has 0 saturated heterocycles. The van der Waals surface area contributed by atoms with Crippen LogP contribution in [0.2, 0.25) is 0 Å². The molecule has 1 heterocycles. The molecule has 0 fully saturated rings.